The molecule has 0 spiro atoms. The predicted octanol–water partition coefficient (Wildman–Crippen LogP) is 1.45. The predicted molar refractivity (Wildman–Crippen MR) is 77.8 cm³/mol. The molecular formula is C14H21FN4O. The zero-order valence-corrected chi connectivity index (χ0v) is 11.9. The highest BCUT2D eigenvalue weighted by Crippen LogP contribution is 2.24. The SMILES string of the molecule is CCN1CCN(c2ccc(F)cc2C(N)=NO)CC1C. The highest BCUT2D eigenvalue weighted by Gasteiger charge is 2.24. The number of rotatable bonds is 3. The Labute approximate surface area is 118 Å². The van der Waals surface area contributed by atoms with Gasteiger partial charge in [-0.3, -0.25) is 4.90 Å². The molecule has 0 amide bonds. The van der Waals surface area contributed by atoms with E-state index in [-0.39, 0.29) is 5.84 Å². The molecule has 1 aliphatic heterocycles. The van der Waals surface area contributed by atoms with Crippen LogP contribution in [0.2, 0.25) is 0 Å². The van der Waals surface area contributed by atoms with Gasteiger partial charge in [-0.25, -0.2) is 4.39 Å². The van der Waals surface area contributed by atoms with Crippen LogP contribution >= 0.6 is 0 Å². The summed E-state index contributed by atoms with van der Waals surface area (Å²) in [7, 11) is 0. The Kier molecular flexibility index (Phi) is 4.44. The van der Waals surface area contributed by atoms with E-state index in [0.29, 0.717) is 11.6 Å². The topological polar surface area (TPSA) is 65.1 Å². The van der Waals surface area contributed by atoms with Crippen LogP contribution in [-0.2, 0) is 0 Å². The van der Waals surface area contributed by atoms with Gasteiger partial charge < -0.3 is 15.8 Å². The Balaban J connectivity index is 2.29. The minimum absolute atomic E-state index is 0.0647. The maximum Gasteiger partial charge on any atom is 0.172 e. The van der Waals surface area contributed by atoms with Gasteiger partial charge >= 0.3 is 0 Å². The number of piperazine rings is 1. The van der Waals surface area contributed by atoms with E-state index in [4.69, 9.17) is 10.9 Å². The summed E-state index contributed by atoms with van der Waals surface area (Å²) >= 11 is 0. The molecule has 1 aromatic carbocycles. The fourth-order valence-electron chi connectivity index (χ4n) is 2.73. The Hall–Kier alpha value is -1.82. The van der Waals surface area contributed by atoms with Crippen LogP contribution in [0.15, 0.2) is 23.4 Å². The number of halogens is 1. The first kappa shape index (κ1) is 14.6. The van der Waals surface area contributed by atoms with Crippen molar-refractivity contribution in [2.24, 2.45) is 10.9 Å². The second-order valence-electron chi connectivity index (χ2n) is 5.07. The summed E-state index contributed by atoms with van der Waals surface area (Å²) in [5.41, 5.74) is 6.90. The van der Waals surface area contributed by atoms with Crippen LogP contribution in [0.4, 0.5) is 10.1 Å². The van der Waals surface area contributed by atoms with E-state index in [2.05, 4.69) is 28.8 Å². The van der Waals surface area contributed by atoms with Gasteiger partial charge in [-0.15, -0.1) is 0 Å². The van der Waals surface area contributed by atoms with Crippen LogP contribution in [0.3, 0.4) is 0 Å². The zero-order chi connectivity index (χ0) is 14.7. The van der Waals surface area contributed by atoms with Crippen LogP contribution < -0.4 is 10.6 Å². The highest BCUT2D eigenvalue weighted by atomic mass is 19.1. The van der Waals surface area contributed by atoms with Crippen molar-refractivity contribution in [1.29, 1.82) is 0 Å². The van der Waals surface area contributed by atoms with Gasteiger partial charge in [0.15, 0.2) is 5.84 Å². The second kappa shape index (κ2) is 6.09. The van der Waals surface area contributed by atoms with Crippen LogP contribution in [0.5, 0.6) is 0 Å². The van der Waals surface area contributed by atoms with Crippen molar-refractivity contribution in [3.63, 3.8) is 0 Å². The van der Waals surface area contributed by atoms with Gasteiger partial charge in [0.2, 0.25) is 0 Å². The van der Waals surface area contributed by atoms with Crippen molar-refractivity contribution in [1.82, 2.24) is 4.90 Å². The number of oxime groups is 1. The standard InChI is InChI=1S/C14H21FN4O/c1-3-18-6-7-19(9-10(18)2)13-5-4-11(15)8-12(13)14(16)17-20/h4-5,8,10,20H,3,6-7,9H2,1-2H3,(H2,16,17). The Morgan fingerprint density at radius 2 is 2.25 bits per heavy atom. The minimum atomic E-state index is -0.393. The van der Waals surface area contributed by atoms with Gasteiger partial charge in [0.1, 0.15) is 5.82 Å². The molecule has 0 radical (unpaired) electrons. The van der Waals surface area contributed by atoms with Crippen LogP contribution in [0.1, 0.15) is 19.4 Å². The Bertz CT molecular complexity index is 506. The summed E-state index contributed by atoms with van der Waals surface area (Å²) in [5, 5.41) is 11.8. The van der Waals surface area contributed by atoms with E-state index in [1.807, 2.05) is 0 Å². The van der Waals surface area contributed by atoms with E-state index >= 15 is 0 Å². The average Bonchev–Trinajstić information content (AvgIpc) is 2.46. The molecule has 0 aliphatic carbocycles. The van der Waals surface area contributed by atoms with Gasteiger partial charge in [0, 0.05) is 36.9 Å². The van der Waals surface area contributed by atoms with Crippen LogP contribution in [-0.4, -0.2) is 48.2 Å². The lowest BCUT2D eigenvalue weighted by Crippen LogP contribution is -2.52. The lowest BCUT2D eigenvalue weighted by molar-refractivity contribution is 0.199. The van der Waals surface area contributed by atoms with Gasteiger partial charge in [-0.1, -0.05) is 12.1 Å². The van der Waals surface area contributed by atoms with Crippen molar-refractivity contribution in [2.75, 3.05) is 31.1 Å². The maximum atomic E-state index is 13.4. The summed E-state index contributed by atoms with van der Waals surface area (Å²) in [5.74, 6) is -0.458. The molecule has 1 unspecified atom stereocenters. The van der Waals surface area contributed by atoms with Gasteiger partial charge in [0.05, 0.1) is 0 Å². The monoisotopic (exact) mass is 280 g/mol. The molecule has 5 nitrogen and oxygen atoms in total. The smallest absolute Gasteiger partial charge is 0.172 e. The van der Waals surface area contributed by atoms with Crippen molar-refractivity contribution in [3.05, 3.63) is 29.6 Å². The average molecular weight is 280 g/mol. The molecule has 20 heavy (non-hydrogen) atoms. The number of hydrogen-bond acceptors (Lipinski definition) is 4. The number of likely N-dealkylation sites (N-methyl/N-ethyl adjacent to an activating group) is 1. The molecule has 0 saturated carbocycles. The molecule has 1 aliphatic rings. The quantitative estimate of drug-likeness (QED) is 0.381. The fourth-order valence-corrected chi connectivity index (χ4v) is 2.73. The van der Waals surface area contributed by atoms with Gasteiger partial charge in [-0.05, 0) is 31.7 Å². The largest absolute Gasteiger partial charge is 0.409 e. The van der Waals surface area contributed by atoms with Crippen molar-refractivity contribution >= 4 is 11.5 Å². The first-order valence-electron chi connectivity index (χ1n) is 6.83. The molecule has 0 bridgehead atoms. The minimum Gasteiger partial charge on any atom is -0.409 e. The molecule has 110 valence electrons. The van der Waals surface area contributed by atoms with Crippen LogP contribution in [0.25, 0.3) is 0 Å². The summed E-state index contributed by atoms with van der Waals surface area (Å²) in [6.45, 7) is 7.96. The molecular weight excluding hydrogens is 259 g/mol. The normalized spacial score (nSPS) is 21.2. The molecule has 2 rings (SSSR count). The third kappa shape index (κ3) is 2.85. The van der Waals surface area contributed by atoms with Crippen LogP contribution in [0, 0.1) is 5.82 Å². The van der Waals surface area contributed by atoms with E-state index in [1.54, 1.807) is 6.07 Å². The summed E-state index contributed by atoms with van der Waals surface area (Å²) < 4.78 is 13.4. The number of nitrogens with zero attached hydrogens (tertiary/aromatic N) is 3. The van der Waals surface area contributed by atoms with Crippen molar-refractivity contribution < 1.29 is 9.60 Å². The van der Waals surface area contributed by atoms with E-state index in [0.717, 1.165) is 31.9 Å². The molecule has 1 fully saturated rings. The first-order chi connectivity index (χ1) is 9.56. The molecule has 1 atom stereocenters. The van der Waals surface area contributed by atoms with Gasteiger partial charge in [-0.2, -0.15) is 0 Å². The number of benzene rings is 1. The van der Waals surface area contributed by atoms with E-state index in [9.17, 15) is 4.39 Å². The molecule has 1 heterocycles. The number of nitrogens with two attached hydrogens (primary N) is 1. The molecule has 1 saturated heterocycles. The lowest BCUT2D eigenvalue weighted by Gasteiger charge is -2.41. The number of amidine groups is 1. The molecule has 6 heteroatoms. The summed E-state index contributed by atoms with van der Waals surface area (Å²) in [6.07, 6.45) is 0. The zero-order valence-electron chi connectivity index (χ0n) is 11.9. The fraction of sp³-hybridized carbons (Fsp3) is 0.500. The third-order valence-corrected chi connectivity index (χ3v) is 3.85. The highest BCUT2D eigenvalue weighted by molar-refractivity contribution is 6.02. The molecule has 0 aromatic heterocycles. The molecule has 3 N–H and O–H groups in total. The first-order valence-corrected chi connectivity index (χ1v) is 6.83. The van der Waals surface area contributed by atoms with E-state index in [1.165, 1.54) is 12.1 Å². The maximum absolute atomic E-state index is 13.4. The van der Waals surface area contributed by atoms with Crippen molar-refractivity contribution in [2.45, 2.75) is 19.9 Å². The number of hydrogen-bond donors (Lipinski definition) is 2. The Morgan fingerprint density at radius 1 is 1.50 bits per heavy atom. The summed E-state index contributed by atoms with van der Waals surface area (Å²) in [6, 6.07) is 4.82. The summed E-state index contributed by atoms with van der Waals surface area (Å²) in [4.78, 5) is 4.55. The van der Waals surface area contributed by atoms with Gasteiger partial charge in [0.25, 0.3) is 0 Å². The second-order valence-corrected chi connectivity index (χ2v) is 5.07. The van der Waals surface area contributed by atoms with E-state index < -0.39 is 5.82 Å². The third-order valence-electron chi connectivity index (χ3n) is 3.85. The Morgan fingerprint density at radius 3 is 2.85 bits per heavy atom. The van der Waals surface area contributed by atoms with Crippen molar-refractivity contribution in [3.8, 4) is 0 Å². The lowest BCUT2D eigenvalue weighted by atomic mass is 10.1. The number of anilines is 1. The molecule has 1 aromatic rings.